The average Bonchev–Trinajstić information content (AvgIpc) is 2.28. The van der Waals surface area contributed by atoms with Crippen LogP contribution in [0.1, 0.15) is 11.1 Å². The Morgan fingerprint density at radius 1 is 0.895 bits per heavy atom. The summed E-state index contributed by atoms with van der Waals surface area (Å²) < 4.78 is 2.22. The number of rotatable bonds is 0. The summed E-state index contributed by atoms with van der Waals surface area (Å²) in [6, 6.07) is 8.68. The normalized spacial score (nSPS) is 11.3. The van der Waals surface area contributed by atoms with Crippen molar-refractivity contribution < 1.29 is 0 Å². The van der Waals surface area contributed by atoms with E-state index in [1.165, 1.54) is 16.3 Å². The van der Waals surface area contributed by atoms with E-state index in [0.717, 1.165) is 14.5 Å². The molecule has 0 saturated heterocycles. The van der Waals surface area contributed by atoms with E-state index in [4.69, 9.17) is 0 Å². The number of benzene rings is 2. The van der Waals surface area contributed by atoms with Gasteiger partial charge in [0.2, 0.25) is 0 Å². The summed E-state index contributed by atoms with van der Waals surface area (Å²) in [5.41, 5.74) is 5.75. The van der Waals surface area contributed by atoms with Gasteiger partial charge in [0.15, 0.2) is 0 Å². The number of fused-ring (bicyclic) bond motifs is 1. The third-order valence-electron chi connectivity index (χ3n) is 2.78. The van der Waals surface area contributed by atoms with E-state index < -0.39 is 8.07 Å². The smallest absolute Gasteiger partial charge is 0.127 e. The number of hydrogen-bond acceptors (Lipinski definition) is 0. The van der Waals surface area contributed by atoms with Gasteiger partial charge in [-0.1, -0.05) is 47.6 Å². The molecule has 0 N–H and O–H groups in total. The molecule has 0 aliphatic rings. The maximum Gasteiger partial charge on any atom is 0.129 e. The molecule has 0 aliphatic carbocycles. The minimum Gasteiger partial charge on any atom is -0.127 e. The molecule has 19 heavy (non-hydrogen) atoms. The molecule has 3 heteroatoms. The molecule has 2 rings (SSSR count). The van der Waals surface area contributed by atoms with Crippen LogP contribution in [0.4, 0.5) is 0 Å². The van der Waals surface area contributed by atoms with Gasteiger partial charge >= 0.3 is 0 Å². The van der Waals surface area contributed by atoms with Gasteiger partial charge < -0.3 is 0 Å². The van der Waals surface area contributed by atoms with Crippen LogP contribution in [-0.2, 0) is 0 Å². The molecule has 0 atom stereocenters. The predicted molar refractivity (Wildman–Crippen MR) is 94.3 cm³/mol. The number of hydrogen-bond donors (Lipinski definition) is 0. The van der Waals surface area contributed by atoms with Gasteiger partial charge in [-0.25, -0.2) is 0 Å². The third-order valence-corrected chi connectivity index (χ3v) is 5.16. The van der Waals surface area contributed by atoms with Gasteiger partial charge in [0.1, 0.15) is 8.07 Å². The fraction of sp³-hybridized carbons (Fsp3) is 0.250. The topological polar surface area (TPSA) is 0 Å². The van der Waals surface area contributed by atoms with E-state index in [0.29, 0.717) is 0 Å². The summed E-state index contributed by atoms with van der Waals surface area (Å²) in [4.78, 5) is 0. The molecule has 0 nitrogen and oxygen atoms in total. The highest BCUT2D eigenvalue weighted by Crippen LogP contribution is 2.28. The Labute approximate surface area is 132 Å². The Hall–Kier alpha value is -0.563. The summed E-state index contributed by atoms with van der Waals surface area (Å²) in [6.45, 7) is 8.89. The van der Waals surface area contributed by atoms with E-state index in [-0.39, 0.29) is 0 Å². The average molecular weight is 396 g/mol. The molecular weight excluding hydrogens is 380 g/mol. The molecule has 0 aromatic heterocycles. The largest absolute Gasteiger partial charge is 0.129 e. The summed E-state index contributed by atoms with van der Waals surface area (Å²) in [7, 11) is -1.34. The molecule has 0 fully saturated rings. The maximum atomic E-state index is 3.63. The first-order valence-electron chi connectivity index (χ1n) is 6.19. The van der Waals surface area contributed by atoms with Crippen LogP contribution < -0.4 is 0 Å². The van der Waals surface area contributed by atoms with Gasteiger partial charge in [-0.15, -0.1) is 5.54 Å². The summed E-state index contributed by atoms with van der Waals surface area (Å²) >= 11 is 7.20. The van der Waals surface area contributed by atoms with Crippen LogP contribution in [-0.4, -0.2) is 8.07 Å². The van der Waals surface area contributed by atoms with Crippen molar-refractivity contribution in [1.29, 1.82) is 0 Å². The Morgan fingerprint density at radius 2 is 1.47 bits per heavy atom. The van der Waals surface area contributed by atoms with Crippen molar-refractivity contribution in [1.82, 2.24) is 0 Å². The van der Waals surface area contributed by atoms with E-state index >= 15 is 0 Å². The molecule has 0 aliphatic heterocycles. The van der Waals surface area contributed by atoms with Crippen molar-refractivity contribution in [2.75, 3.05) is 0 Å². The van der Waals surface area contributed by atoms with Crippen LogP contribution in [0.3, 0.4) is 0 Å². The van der Waals surface area contributed by atoms with Gasteiger partial charge in [-0.2, -0.15) is 0 Å². The van der Waals surface area contributed by atoms with Crippen molar-refractivity contribution in [3.63, 3.8) is 0 Å². The zero-order valence-corrected chi connectivity index (χ0v) is 15.7. The highest BCUT2D eigenvalue weighted by atomic mass is 79.9. The van der Waals surface area contributed by atoms with Crippen LogP contribution in [0, 0.1) is 18.4 Å². The lowest BCUT2D eigenvalue weighted by Gasteiger charge is -2.07. The second kappa shape index (κ2) is 5.44. The lowest BCUT2D eigenvalue weighted by molar-refractivity contribution is 1.46. The lowest BCUT2D eigenvalue weighted by Crippen LogP contribution is -2.16. The minimum atomic E-state index is -1.34. The van der Waals surface area contributed by atoms with Crippen LogP contribution in [0.15, 0.2) is 33.2 Å². The fourth-order valence-corrected chi connectivity index (χ4v) is 3.09. The molecule has 2 aromatic carbocycles. The molecule has 0 bridgehead atoms. The quantitative estimate of drug-likeness (QED) is 0.384. The van der Waals surface area contributed by atoms with E-state index in [2.05, 4.69) is 94.2 Å². The monoisotopic (exact) mass is 394 g/mol. The predicted octanol–water partition coefficient (Wildman–Crippen LogP) is 5.90. The van der Waals surface area contributed by atoms with Gasteiger partial charge in [-0.05, 0) is 57.4 Å². The van der Waals surface area contributed by atoms with E-state index in [1.807, 2.05) is 0 Å². The number of aryl methyl sites for hydroxylation is 1. The van der Waals surface area contributed by atoms with Crippen LogP contribution in [0.2, 0.25) is 19.6 Å². The van der Waals surface area contributed by atoms with Crippen molar-refractivity contribution in [3.05, 3.63) is 44.3 Å². The second-order valence-electron chi connectivity index (χ2n) is 5.78. The molecule has 0 unspecified atom stereocenters. The summed E-state index contributed by atoms with van der Waals surface area (Å²) in [5, 5.41) is 2.46. The molecule has 98 valence electrons. The summed E-state index contributed by atoms with van der Waals surface area (Å²) in [5.74, 6) is 3.33. The Balaban J connectivity index is 2.61. The van der Waals surface area contributed by atoms with Crippen molar-refractivity contribution in [2.45, 2.75) is 26.6 Å². The van der Waals surface area contributed by atoms with Crippen molar-refractivity contribution in [3.8, 4) is 11.5 Å². The molecule has 0 saturated carbocycles. The van der Waals surface area contributed by atoms with Crippen molar-refractivity contribution >= 4 is 50.7 Å². The lowest BCUT2D eigenvalue weighted by atomic mass is 10.1. The fourth-order valence-electron chi connectivity index (χ4n) is 1.76. The van der Waals surface area contributed by atoms with Crippen LogP contribution in [0.25, 0.3) is 10.8 Å². The molecule has 0 heterocycles. The Kier molecular flexibility index (Phi) is 4.25. The van der Waals surface area contributed by atoms with Gasteiger partial charge in [-0.3, -0.25) is 0 Å². The second-order valence-corrected chi connectivity index (χ2v) is 12.2. The first kappa shape index (κ1) is 14.8. The zero-order chi connectivity index (χ0) is 14.2. The molecule has 0 radical (unpaired) electrons. The van der Waals surface area contributed by atoms with E-state index in [9.17, 15) is 0 Å². The highest BCUT2D eigenvalue weighted by molar-refractivity contribution is 9.10. The van der Waals surface area contributed by atoms with Crippen molar-refractivity contribution in [2.24, 2.45) is 0 Å². The standard InChI is InChI=1S/C16H16Br2Si/c1-11-7-13-8-12(5-6-19(2,3)4)16(18)10-14(13)9-15(11)17/h7-10H,1-4H3. The Bertz CT molecular complexity index is 700. The maximum absolute atomic E-state index is 3.63. The van der Waals surface area contributed by atoms with Crippen LogP contribution in [0.5, 0.6) is 0 Å². The molecule has 0 amide bonds. The SMILES string of the molecule is Cc1cc2cc(C#C[Si](C)(C)C)c(Br)cc2cc1Br. The minimum absolute atomic E-state index is 1.07. The van der Waals surface area contributed by atoms with Gasteiger partial charge in [0.25, 0.3) is 0 Å². The highest BCUT2D eigenvalue weighted by Gasteiger charge is 2.08. The number of halogens is 2. The summed E-state index contributed by atoms with van der Waals surface area (Å²) in [6.07, 6.45) is 0. The molecule has 0 spiro atoms. The van der Waals surface area contributed by atoms with E-state index in [1.54, 1.807) is 0 Å². The van der Waals surface area contributed by atoms with Gasteiger partial charge in [0, 0.05) is 14.5 Å². The Morgan fingerprint density at radius 3 is 2.11 bits per heavy atom. The third kappa shape index (κ3) is 3.72. The van der Waals surface area contributed by atoms with Gasteiger partial charge in [0.05, 0.1) is 0 Å². The van der Waals surface area contributed by atoms with Crippen LogP contribution >= 0.6 is 31.9 Å². The molecular formula is C16H16Br2Si. The first-order valence-corrected chi connectivity index (χ1v) is 11.3. The first-order chi connectivity index (χ1) is 8.76. The zero-order valence-electron chi connectivity index (χ0n) is 11.6. The molecule has 2 aromatic rings.